The van der Waals surface area contributed by atoms with Crippen LogP contribution in [0.15, 0.2) is 24.3 Å². The van der Waals surface area contributed by atoms with Gasteiger partial charge in [0, 0.05) is 37.1 Å². The van der Waals surface area contributed by atoms with Crippen LogP contribution in [0.4, 0.5) is 0 Å². The minimum atomic E-state index is 0.187. The molecule has 4 nitrogen and oxygen atoms in total. The van der Waals surface area contributed by atoms with Crippen LogP contribution in [0, 0.1) is 11.8 Å². The first kappa shape index (κ1) is 20.9. The van der Waals surface area contributed by atoms with E-state index in [1.54, 1.807) is 6.92 Å². The van der Waals surface area contributed by atoms with Gasteiger partial charge in [0.15, 0.2) is 0 Å². The van der Waals surface area contributed by atoms with Crippen molar-refractivity contribution in [2.45, 2.75) is 59.4 Å². The number of nitrogens with one attached hydrogen (secondary N) is 1. The van der Waals surface area contributed by atoms with E-state index in [0.717, 1.165) is 44.8 Å². The Kier molecular flexibility index (Phi) is 6.82. The van der Waals surface area contributed by atoms with Crippen LogP contribution in [-0.2, 0) is 18.3 Å². The lowest BCUT2D eigenvalue weighted by atomic mass is 9.93. The monoisotopic (exact) mass is 383 g/mol. The van der Waals surface area contributed by atoms with Crippen molar-refractivity contribution in [3.63, 3.8) is 0 Å². The summed E-state index contributed by atoms with van der Waals surface area (Å²) in [5.74, 6) is 1.66. The zero-order valence-corrected chi connectivity index (χ0v) is 18.3. The third-order valence-electron chi connectivity index (χ3n) is 6.87. The fourth-order valence-corrected chi connectivity index (χ4v) is 4.74. The van der Waals surface area contributed by atoms with Gasteiger partial charge >= 0.3 is 0 Å². The fourth-order valence-electron chi connectivity index (χ4n) is 4.74. The van der Waals surface area contributed by atoms with Crippen molar-refractivity contribution >= 4 is 16.8 Å². The van der Waals surface area contributed by atoms with Crippen molar-refractivity contribution in [2.24, 2.45) is 18.9 Å². The lowest BCUT2D eigenvalue weighted by Crippen LogP contribution is -2.39. The number of nitrogens with zero attached hydrogens (tertiary/aromatic N) is 2. The van der Waals surface area contributed by atoms with Crippen LogP contribution < -0.4 is 5.32 Å². The quantitative estimate of drug-likeness (QED) is 0.672. The highest BCUT2D eigenvalue weighted by molar-refractivity contribution is 5.86. The van der Waals surface area contributed by atoms with Gasteiger partial charge in [0.1, 0.15) is 0 Å². The molecule has 1 N–H and O–H groups in total. The summed E-state index contributed by atoms with van der Waals surface area (Å²) in [6.07, 6.45) is 4.30. The van der Waals surface area contributed by atoms with Crippen molar-refractivity contribution in [3.8, 4) is 0 Å². The van der Waals surface area contributed by atoms with Gasteiger partial charge in [0.2, 0.25) is 5.91 Å². The van der Waals surface area contributed by atoms with Crippen LogP contribution >= 0.6 is 0 Å². The standard InChI is InChI=1S/C24H37N3O/c1-6-17(2)18(3)16-25-14-9-12-23-24-21(13-15-27(23)19(4)28)20-10-7-8-11-22(20)26(24)5/h7-8,10-11,17-18,23,25H,6,9,12-16H2,1-5H3. The molecule has 0 fully saturated rings. The molecule has 1 amide bonds. The normalized spacial score (nSPS) is 18.9. The molecule has 0 radical (unpaired) electrons. The van der Waals surface area contributed by atoms with Crippen LogP contribution in [0.3, 0.4) is 0 Å². The topological polar surface area (TPSA) is 37.3 Å². The molecule has 0 bridgehead atoms. The molecule has 3 unspecified atom stereocenters. The second-order valence-electron chi connectivity index (χ2n) is 8.63. The number of amides is 1. The predicted molar refractivity (Wildman–Crippen MR) is 117 cm³/mol. The molecule has 3 rings (SSSR count). The molecule has 154 valence electrons. The predicted octanol–water partition coefficient (Wildman–Crippen LogP) is 4.68. The van der Waals surface area contributed by atoms with Crippen LogP contribution in [0.1, 0.15) is 64.3 Å². The summed E-state index contributed by atoms with van der Waals surface area (Å²) in [6.45, 7) is 11.6. The summed E-state index contributed by atoms with van der Waals surface area (Å²) >= 11 is 0. The number of hydrogen-bond acceptors (Lipinski definition) is 2. The van der Waals surface area contributed by atoms with E-state index in [0.29, 0.717) is 5.92 Å². The summed E-state index contributed by atoms with van der Waals surface area (Å²) in [7, 11) is 2.16. The zero-order chi connectivity index (χ0) is 20.3. The van der Waals surface area contributed by atoms with Crippen LogP contribution in [0.5, 0.6) is 0 Å². The summed E-state index contributed by atoms with van der Waals surface area (Å²) < 4.78 is 2.32. The van der Waals surface area contributed by atoms with E-state index in [9.17, 15) is 4.79 Å². The average Bonchev–Trinajstić information content (AvgIpc) is 2.99. The molecule has 2 aromatic rings. The largest absolute Gasteiger partial charge is 0.346 e. The van der Waals surface area contributed by atoms with E-state index in [-0.39, 0.29) is 11.9 Å². The van der Waals surface area contributed by atoms with Gasteiger partial charge in [-0.05, 0) is 55.8 Å². The molecule has 0 spiro atoms. The van der Waals surface area contributed by atoms with E-state index in [2.05, 4.69) is 66.9 Å². The van der Waals surface area contributed by atoms with Crippen molar-refractivity contribution < 1.29 is 4.79 Å². The Morgan fingerprint density at radius 1 is 1.25 bits per heavy atom. The Morgan fingerprint density at radius 2 is 2.00 bits per heavy atom. The zero-order valence-electron chi connectivity index (χ0n) is 18.3. The number of para-hydroxylation sites is 1. The SMILES string of the molecule is CCC(C)C(C)CNCCCC1c2c(c3ccccc3n2C)CCN1C(C)=O. The number of aryl methyl sites for hydroxylation is 1. The maximum atomic E-state index is 12.3. The number of hydrogen-bond donors (Lipinski definition) is 1. The fraction of sp³-hybridized carbons (Fsp3) is 0.625. The van der Waals surface area contributed by atoms with Crippen LogP contribution in [0.2, 0.25) is 0 Å². The number of carbonyl (C=O) groups excluding carboxylic acids is 1. The van der Waals surface area contributed by atoms with E-state index < -0.39 is 0 Å². The summed E-state index contributed by atoms with van der Waals surface area (Å²) in [5, 5.41) is 4.99. The summed E-state index contributed by atoms with van der Waals surface area (Å²) in [4.78, 5) is 14.4. The third-order valence-corrected chi connectivity index (χ3v) is 6.87. The van der Waals surface area contributed by atoms with Gasteiger partial charge in [0.25, 0.3) is 0 Å². The lowest BCUT2D eigenvalue weighted by molar-refractivity contribution is -0.132. The third kappa shape index (κ3) is 4.12. The van der Waals surface area contributed by atoms with Crippen LogP contribution in [0.25, 0.3) is 10.9 Å². The second-order valence-corrected chi connectivity index (χ2v) is 8.63. The van der Waals surface area contributed by atoms with Gasteiger partial charge in [-0.3, -0.25) is 4.79 Å². The first-order valence-electron chi connectivity index (χ1n) is 11.0. The molecule has 1 aromatic carbocycles. The van der Waals surface area contributed by atoms with E-state index in [1.807, 2.05) is 0 Å². The summed E-state index contributed by atoms with van der Waals surface area (Å²) in [5.41, 5.74) is 4.07. The molecule has 1 aliphatic rings. The summed E-state index contributed by atoms with van der Waals surface area (Å²) in [6, 6.07) is 8.84. The van der Waals surface area contributed by atoms with E-state index in [4.69, 9.17) is 0 Å². The number of aromatic nitrogens is 1. The molecule has 4 heteroatoms. The Balaban J connectivity index is 1.71. The average molecular weight is 384 g/mol. The van der Waals surface area contributed by atoms with Gasteiger partial charge in [-0.15, -0.1) is 0 Å². The molecular formula is C24H37N3O. The van der Waals surface area contributed by atoms with Crippen molar-refractivity contribution in [1.29, 1.82) is 0 Å². The molecule has 2 heterocycles. The molecule has 1 aromatic heterocycles. The number of rotatable bonds is 8. The first-order chi connectivity index (χ1) is 13.5. The minimum Gasteiger partial charge on any atom is -0.346 e. The molecule has 28 heavy (non-hydrogen) atoms. The molecule has 3 atom stereocenters. The number of carbonyl (C=O) groups is 1. The Hall–Kier alpha value is -1.81. The first-order valence-corrected chi connectivity index (χ1v) is 11.0. The Morgan fingerprint density at radius 3 is 2.71 bits per heavy atom. The highest BCUT2D eigenvalue weighted by Gasteiger charge is 2.32. The molecule has 0 saturated heterocycles. The molecule has 1 aliphatic heterocycles. The molecule has 0 aliphatic carbocycles. The highest BCUT2D eigenvalue weighted by atomic mass is 16.2. The van der Waals surface area contributed by atoms with Crippen molar-refractivity contribution in [3.05, 3.63) is 35.5 Å². The number of fused-ring (bicyclic) bond motifs is 3. The van der Waals surface area contributed by atoms with E-state index >= 15 is 0 Å². The van der Waals surface area contributed by atoms with Crippen molar-refractivity contribution in [2.75, 3.05) is 19.6 Å². The molecular weight excluding hydrogens is 346 g/mol. The maximum Gasteiger partial charge on any atom is 0.220 e. The van der Waals surface area contributed by atoms with Crippen LogP contribution in [-0.4, -0.2) is 35.0 Å². The van der Waals surface area contributed by atoms with Gasteiger partial charge in [0.05, 0.1) is 6.04 Å². The van der Waals surface area contributed by atoms with Gasteiger partial charge in [-0.2, -0.15) is 0 Å². The number of benzene rings is 1. The Bertz CT molecular complexity index is 810. The maximum absolute atomic E-state index is 12.3. The molecule has 0 saturated carbocycles. The van der Waals surface area contributed by atoms with Gasteiger partial charge in [-0.1, -0.05) is 45.4 Å². The van der Waals surface area contributed by atoms with Gasteiger partial charge in [-0.25, -0.2) is 0 Å². The highest BCUT2D eigenvalue weighted by Crippen LogP contribution is 2.38. The lowest BCUT2D eigenvalue weighted by Gasteiger charge is -2.36. The van der Waals surface area contributed by atoms with E-state index in [1.165, 1.54) is 28.6 Å². The minimum absolute atomic E-state index is 0.187. The Labute approximate surface area is 170 Å². The second kappa shape index (κ2) is 9.13. The van der Waals surface area contributed by atoms with Gasteiger partial charge < -0.3 is 14.8 Å². The smallest absolute Gasteiger partial charge is 0.220 e. The van der Waals surface area contributed by atoms with Crippen molar-refractivity contribution in [1.82, 2.24) is 14.8 Å².